The van der Waals surface area contributed by atoms with Crippen LogP contribution in [-0.2, 0) is 4.74 Å². The lowest BCUT2D eigenvalue weighted by molar-refractivity contribution is 0.0475. The molecule has 0 amide bonds. The van der Waals surface area contributed by atoms with Gasteiger partial charge in [0.25, 0.3) is 0 Å². The number of esters is 1. The first-order chi connectivity index (χ1) is 10.4. The summed E-state index contributed by atoms with van der Waals surface area (Å²) in [5.74, 6) is -1.37. The van der Waals surface area contributed by atoms with Crippen LogP contribution in [0.15, 0.2) is 36.4 Å². The van der Waals surface area contributed by atoms with Crippen molar-refractivity contribution in [3.8, 4) is 5.75 Å². The molecule has 0 atom stereocenters. The second-order valence-electron chi connectivity index (χ2n) is 4.40. The highest BCUT2D eigenvalue weighted by atomic mass is 35.5. The number of ether oxygens (including phenoxy) is 1. The maximum absolute atomic E-state index is 11.9. The van der Waals surface area contributed by atoms with Crippen LogP contribution in [0.3, 0.4) is 0 Å². The molecule has 22 heavy (non-hydrogen) atoms. The summed E-state index contributed by atoms with van der Waals surface area (Å²) in [5, 5.41) is 9.90. The quantitative estimate of drug-likeness (QED) is 0.386. The zero-order valence-corrected chi connectivity index (χ0v) is 12.7. The molecule has 0 fully saturated rings. The predicted molar refractivity (Wildman–Crippen MR) is 83.6 cm³/mol. The number of phenols is 1. The van der Waals surface area contributed by atoms with E-state index in [-0.39, 0.29) is 27.6 Å². The zero-order valence-electron chi connectivity index (χ0n) is 11.2. The second kappa shape index (κ2) is 6.68. The number of nitrogens with two attached hydrogens (primary N) is 1. The van der Waals surface area contributed by atoms with Gasteiger partial charge in [0, 0.05) is 11.3 Å². The van der Waals surface area contributed by atoms with Gasteiger partial charge < -0.3 is 15.6 Å². The normalized spacial score (nSPS) is 10.3. The van der Waals surface area contributed by atoms with Crippen molar-refractivity contribution in [2.45, 2.75) is 0 Å². The number of benzene rings is 2. The van der Waals surface area contributed by atoms with E-state index in [0.717, 1.165) is 0 Å². The highest BCUT2D eigenvalue weighted by Gasteiger charge is 2.15. The molecule has 0 saturated carbocycles. The van der Waals surface area contributed by atoms with Gasteiger partial charge in [-0.2, -0.15) is 0 Å². The number of Topliss-reactive ketones (excluding diaryl/α,β-unsaturated/α-hetero) is 1. The molecule has 5 nitrogen and oxygen atoms in total. The Bertz CT molecular complexity index is 746. The van der Waals surface area contributed by atoms with Crippen molar-refractivity contribution < 1.29 is 19.4 Å². The minimum Gasteiger partial charge on any atom is -0.508 e. The molecule has 0 aromatic heterocycles. The van der Waals surface area contributed by atoms with Gasteiger partial charge in [0.05, 0.1) is 15.6 Å². The molecule has 114 valence electrons. The van der Waals surface area contributed by atoms with Crippen LogP contribution < -0.4 is 5.73 Å². The molecule has 2 aromatic carbocycles. The van der Waals surface area contributed by atoms with Crippen LogP contribution in [0.5, 0.6) is 5.75 Å². The van der Waals surface area contributed by atoms with E-state index < -0.39 is 18.4 Å². The zero-order chi connectivity index (χ0) is 16.3. The number of aromatic hydroxyl groups is 1. The van der Waals surface area contributed by atoms with Gasteiger partial charge in [-0.15, -0.1) is 0 Å². The van der Waals surface area contributed by atoms with Gasteiger partial charge in [0.1, 0.15) is 5.75 Å². The Kier molecular flexibility index (Phi) is 4.90. The first-order valence-electron chi connectivity index (χ1n) is 6.12. The van der Waals surface area contributed by atoms with Crippen LogP contribution >= 0.6 is 23.2 Å². The maximum atomic E-state index is 11.9. The third-order valence-corrected chi connectivity index (χ3v) is 3.57. The number of ketones is 1. The van der Waals surface area contributed by atoms with Crippen molar-refractivity contribution in [2.24, 2.45) is 0 Å². The second-order valence-corrected chi connectivity index (χ2v) is 5.21. The van der Waals surface area contributed by atoms with E-state index in [9.17, 15) is 14.7 Å². The summed E-state index contributed by atoms with van der Waals surface area (Å²) in [7, 11) is 0. The monoisotopic (exact) mass is 339 g/mol. The topological polar surface area (TPSA) is 89.6 Å². The summed E-state index contributed by atoms with van der Waals surface area (Å²) in [6, 6.07) is 8.23. The van der Waals surface area contributed by atoms with Crippen LogP contribution in [0.1, 0.15) is 20.7 Å². The lowest BCUT2D eigenvalue weighted by atomic mass is 10.1. The largest absolute Gasteiger partial charge is 0.508 e. The standard InChI is InChI=1S/C15H11Cl2NO4/c16-11-3-1-8(5-12(11)17)14(20)7-22-15(21)10-6-9(19)2-4-13(10)18/h1-6,19H,7,18H2. The average Bonchev–Trinajstić information content (AvgIpc) is 2.49. The molecule has 0 heterocycles. The minimum atomic E-state index is -0.804. The first kappa shape index (κ1) is 16.1. The molecule has 0 spiro atoms. The van der Waals surface area contributed by atoms with Gasteiger partial charge in [0.15, 0.2) is 12.4 Å². The Hall–Kier alpha value is -2.24. The van der Waals surface area contributed by atoms with Crippen LogP contribution in [0.4, 0.5) is 5.69 Å². The van der Waals surface area contributed by atoms with Crippen LogP contribution in [0, 0.1) is 0 Å². The van der Waals surface area contributed by atoms with Crippen LogP contribution in [0.25, 0.3) is 0 Å². The lowest BCUT2D eigenvalue weighted by Gasteiger charge is -2.07. The molecule has 0 unspecified atom stereocenters. The molecule has 0 aliphatic rings. The van der Waals surface area contributed by atoms with Crippen molar-refractivity contribution in [1.29, 1.82) is 0 Å². The van der Waals surface area contributed by atoms with Crippen molar-refractivity contribution in [3.63, 3.8) is 0 Å². The molecule has 0 radical (unpaired) electrons. The molecule has 0 saturated heterocycles. The molecule has 3 N–H and O–H groups in total. The lowest BCUT2D eigenvalue weighted by Crippen LogP contribution is -2.15. The maximum Gasteiger partial charge on any atom is 0.340 e. The predicted octanol–water partition coefficient (Wildman–Crippen LogP) is 3.32. The minimum absolute atomic E-state index is 0.0121. The fourth-order valence-electron chi connectivity index (χ4n) is 1.68. The number of anilines is 1. The first-order valence-corrected chi connectivity index (χ1v) is 6.88. The Morgan fingerprint density at radius 2 is 1.82 bits per heavy atom. The summed E-state index contributed by atoms with van der Waals surface area (Å²) < 4.78 is 4.89. The van der Waals surface area contributed by atoms with Gasteiger partial charge >= 0.3 is 5.97 Å². The molecule has 7 heteroatoms. The van der Waals surface area contributed by atoms with Gasteiger partial charge in [0.2, 0.25) is 0 Å². The number of rotatable bonds is 4. The molecule has 2 aromatic rings. The Balaban J connectivity index is 2.05. The van der Waals surface area contributed by atoms with E-state index in [1.165, 1.54) is 36.4 Å². The summed E-state index contributed by atoms with van der Waals surface area (Å²) in [5.41, 5.74) is 6.02. The molecule has 0 aliphatic carbocycles. The van der Waals surface area contributed by atoms with Crippen LogP contribution in [-0.4, -0.2) is 23.5 Å². The Morgan fingerprint density at radius 1 is 1.09 bits per heavy atom. The number of hydrogen-bond donors (Lipinski definition) is 2. The van der Waals surface area contributed by atoms with Crippen molar-refractivity contribution in [1.82, 2.24) is 0 Å². The van der Waals surface area contributed by atoms with E-state index in [4.69, 9.17) is 33.7 Å². The smallest absolute Gasteiger partial charge is 0.340 e. The Labute approximate surface area is 136 Å². The fraction of sp³-hybridized carbons (Fsp3) is 0.0667. The number of phenolic OH excluding ortho intramolecular Hbond substituents is 1. The number of nitrogen functional groups attached to an aromatic ring is 1. The van der Waals surface area contributed by atoms with E-state index >= 15 is 0 Å². The van der Waals surface area contributed by atoms with E-state index in [0.29, 0.717) is 5.02 Å². The summed E-state index contributed by atoms with van der Waals surface area (Å²) in [4.78, 5) is 23.8. The third-order valence-electron chi connectivity index (χ3n) is 2.83. The van der Waals surface area contributed by atoms with Crippen molar-refractivity contribution in [2.75, 3.05) is 12.3 Å². The number of carbonyl (C=O) groups is 2. The summed E-state index contributed by atoms with van der Waals surface area (Å²) in [6.45, 7) is -0.480. The van der Waals surface area contributed by atoms with Gasteiger partial charge in [-0.05, 0) is 36.4 Å². The summed E-state index contributed by atoms with van der Waals surface area (Å²) in [6.07, 6.45) is 0. The van der Waals surface area contributed by atoms with Gasteiger partial charge in [-0.3, -0.25) is 4.79 Å². The molecule has 0 aliphatic heterocycles. The Morgan fingerprint density at radius 3 is 2.50 bits per heavy atom. The average molecular weight is 340 g/mol. The van der Waals surface area contributed by atoms with Crippen molar-refractivity contribution >= 4 is 40.6 Å². The number of halogens is 2. The molecular weight excluding hydrogens is 329 g/mol. The fourth-order valence-corrected chi connectivity index (χ4v) is 1.98. The molecular formula is C15H11Cl2NO4. The van der Waals surface area contributed by atoms with E-state index in [2.05, 4.69) is 0 Å². The number of carbonyl (C=O) groups excluding carboxylic acids is 2. The third kappa shape index (κ3) is 3.69. The summed E-state index contributed by atoms with van der Waals surface area (Å²) >= 11 is 11.6. The van der Waals surface area contributed by atoms with Crippen molar-refractivity contribution in [3.05, 3.63) is 57.6 Å². The van der Waals surface area contributed by atoms with Gasteiger partial charge in [-0.25, -0.2) is 4.79 Å². The van der Waals surface area contributed by atoms with Crippen LogP contribution in [0.2, 0.25) is 10.0 Å². The van der Waals surface area contributed by atoms with E-state index in [1.54, 1.807) is 0 Å². The van der Waals surface area contributed by atoms with E-state index in [1.807, 2.05) is 0 Å². The number of hydrogen-bond acceptors (Lipinski definition) is 5. The SMILES string of the molecule is Nc1ccc(O)cc1C(=O)OCC(=O)c1ccc(Cl)c(Cl)c1. The van der Waals surface area contributed by atoms with Gasteiger partial charge in [-0.1, -0.05) is 23.2 Å². The molecule has 2 rings (SSSR count). The highest BCUT2D eigenvalue weighted by Crippen LogP contribution is 2.23. The highest BCUT2D eigenvalue weighted by molar-refractivity contribution is 6.42. The molecule has 0 bridgehead atoms.